The Morgan fingerprint density at radius 1 is 1.20 bits per heavy atom. The van der Waals surface area contributed by atoms with Crippen LogP contribution in [0.15, 0.2) is 42.5 Å². The zero-order valence-corrected chi connectivity index (χ0v) is 14.1. The quantitative estimate of drug-likeness (QED) is 0.926. The van der Waals surface area contributed by atoms with E-state index in [0.29, 0.717) is 19.8 Å². The van der Waals surface area contributed by atoms with Crippen molar-refractivity contribution in [1.29, 1.82) is 0 Å². The van der Waals surface area contributed by atoms with E-state index in [2.05, 4.69) is 4.90 Å². The molecule has 1 heterocycles. The van der Waals surface area contributed by atoms with Gasteiger partial charge in [0.2, 0.25) is 0 Å². The number of halogens is 1. The molecule has 0 spiro atoms. The zero-order valence-electron chi connectivity index (χ0n) is 14.1. The molecular weight excluding hydrogens is 323 g/mol. The Labute approximate surface area is 146 Å². The highest BCUT2D eigenvalue weighted by atomic mass is 19.1. The normalized spacial score (nSPS) is 14.4. The zero-order chi connectivity index (χ0) is 17.8. The van der Waals surface area contributed by atoms with Crippen molar-refractivity contribution in [3.8, 4) is 5.75 Å². The van der Waals surface area contributed by atoms with E-state index < -0.39 is 11.6 Å². The topological polar surface area (TPSA) is 53.0 Å². The van der Waals surface area contributed by atoms with E-state index >= 15 is 0 Å². The molecule has 2 aromatic carbocycles. The lowest BCUT2D eigenvalue weighted by molar-refractivity contribution is 0.0988. The van der Waals surface area contributed by atoms with Gasteiger partial charge >= 0.3 is 0 Å². The van der Waals surface area contributed by atoms with Crippen LogP contribution in [0.25, 0.3) is 0 Å². The molecule has 1 fully saturated rings. The van der Waals surface area contributed by atoms with Crippen molar-refractivity contribution in [2.75, 3.05) is 42.6 Å². The van der Waals surface area contributed by atoms with Gasteiger partial charge < -0.3 is 19.6 Å². The Kier molecular flexibility index (Phi) is 5.19. The third-order valence-corrected chi connectivity index (χ3v) is 4.29. The largest absolute Gasteiger partial charge is 0.505 e. The number of carbonyl (C=O) groups excluding carboxylic acids is 1. The standard InChI is InChI=1S/C19H21FN2O3/c1-2-22(19(24)14-3-8-18(23)17(20)13-14)16-6-4-15(5-7-16)21-9-11-25-12-10-21/h3-8,13,23H,2,9-12H2,1H3. The fraction of sp³-hybridized carbons (Fsp3) is 0.316. The van der Waals surface area contributed by atoms with Crippen LogP contribution in [0.3, 0.4) is 0 Å². The van der Waals surface area contributed by atoms with Crippen LogP contribution in [-0.2, 0) is 4.74 Å². The number of phenols is 1. The highest BCUT2D eigenvalue weighted by Gasteiger charge is 2.18. The van der Waals surface area contributed by atoms with Crippen molar-refractivity contribution in [2.24, 2.45) is 0 Å². The maximum Gasteiger partial charge on any atom is 0.258 e. The first-order chi connectivity index (χ1) is 12.1. The van der Waals surface area contributed by atoms with Crippen LogP contribution in [0.1, 0.15) is 17.3 Å². The smallest absolute Gasteiger partial charge is 0.258 e. The van der Waals surface area contributed by atoms with Crippen molar-refractivity contribution in [3.05, 3.63) is 53.8 Å². The maximum absolute atomic E-state index is 13.5. The molecule has 1 saturated heterocycles. The van der Waals surface area contributed by atoms with Crippen LogP contribution in [0.2, 0.25) is 0 Å². The van der Waals surface area contributed by atoms with Crippen molar-refractivity contribution in [2.45, 2.75) is 6.92 Å². The maximum atomic E-state index is 13.5. The molecule has 2 aromatic rings. The average molecular weight is 344 g/mol. The summed E-state index contributed by atoms with van der Waals surface area (Å²) in [5.74, 6) is -1.57. The number of morpholine rings is 1. The first kappa shape index (κ1) is 17.2. The summed E-state index contributed by atoms with van der Waals surface area (Å²) in [6.07, 6.45) is 0. The van der Waals surface area contributed by atoms with Crippen LogP contribution in [-0.4, -0.2) is 43.9 Å². The van der Waals surface area contributed by atoms with E-state index in [4.69, 9.17) is 4.74 Å². The summed E-state index contributed by atoms with van der Waals surface area (Å²) < 4.78 is 18.9. The SMILES string of the molecule is CCN(C(=O)c1ccc(O)c(F)c1)c1ccc(N2CCOCC2)cc1. The summed E-state index contributed by atoms with van der Waals surface area (Å²) in [6.45, 7) is 5.45. The Bertz CT molecular complexity index is 743. The second-order valence-electron chi connectivity index (χ2n) is 5.83. The van der Waals surface area contributed by atoms with E-state index in [0.717, 1.165) is 30.5 Å². The van der Waals surface area contributed by atoms with Crippen LogP contribution >= 0.6 is 0 Å². The molecular formula is C19H21FN2O3. The van der Waals surface area contributed by atoms with Crippen molar-refractivity contribution in [3.63, 3.8) is 0 Å². The second-order valence-corrected chi connectivity index (χ2v) is 5.83. The number of hydrogen-bond acceptors (Lipinski definition) is 4. The number of aromatic hydroxyl groups is 1. The van der Waals surface area contributed by atoms with Crippen molar-refractivity contribution >= 4 is 17.3 Å². The number of nitrogens with zero attached hydrogens (tertiary/aromatic N) is 2. The number of carbonyl (C=O) groups is 1. The molecule has 25 heavy (non-hydrogen) atoms. The summed E-state index contributed by atoms with van der Waals surface area (Å²) in [7, 11) is 0. The minimum Gasteiger partial charge on any atom is -0.505 e. The van der Waals surface area contributed by atoms with Gasteiger partial charge in [-0.3, -0.25) is 4.79 Å². The summed E-state index contributed by atoms with van der Waals surface area (Å²) in [6, 6.07) is 11.4. The summed E-state index contributed by atoms with van der Waals surface area (Å²) in [5, 5.41) is 9.28. The van der Waals surface area contributed by atoms with Crippen molar-refractivity contribution < 1.29 is 19.0 Å². The minimum absolute atomic E-state index is 0.203. The number of anilines is 2. The Morgan fingerprint density at radius 3 is 2.48 bits per heavy atom. The van der Waals surface area contributed by atoms with Gasteiger partial charge in [-0.1, -0.05) is 0 Å². The van der Waals surface area contributed by atoms with Crippen LogP contribution in [0, 0.1) is 5.82 Å². The molecule has 6 heteroatoms. The van der Waals surface area contributed by atoms with E-state index in [1.807, 2.05) is 31.2 Å². The van der Waals surface area contributed by atoms with Gasteiger partial charge in [0.1, 0.15) is 0 Å². The minimum atomic E-state index is -0.801. The monoisotopic (exact) mass is 344 g/mol. The summed E-state index contributed by atoms with van der Waals surface area (Å²) >= 11 is 0. The van der Waals surface area contributed by atoms with Crippen LogP contribution in [0.5, 0.6) is 5.75 Å². The number of phenolic OH excluding ortho intramolecular Hbond substituents is 1. The fourth-order valence-corrected chi connectivity index (χ4v) is 2.90. The highest BCUT2D eigenvalue weighted by molar-refractivity contribution is 6.06. The fourth-order valence-electron chi connectivity index (χ4n) is 2.90. The molecule has 5 nitrogen and oxygen atoms in total. The lowest BCUT2D eigenvalue weighted by atomic mass is 10.1. The van der Waals surface area contributed by atoms with Crippen LogP contribution in [0.4, 0.5) is 15.8 Å². The van der Waals surface area contributed by atoms with Gasteiger partial charge in [0.05, 0.1) is 13.2 Å². The molecule has 1 N–H and O–H groups in total. The highest BCUT2D eigenvalue weighted by Crippen LogP contribution is 2.24. The molecule has 132 valence electrons. The molecule has 0 radical (unpaired) electrons. The van der Waals surface area contributed by atoms with Gasteiger partial charge in [-0.25, -0.2) is 4.39 Å². The van der Waals surface area contributed by atoms with Gasteiger partial charge in [0, 0.05) is 36.6 Å². The Balaban J connectivity index is 1.79. The molecule has 0 bridgehead atoms. The van der Waals surface area contributed by atoms with Gasteiger partial charge in [-0.05, 0) is 49.4 Å². The van der Waals surface area contributed by atoms with Gasteiger partial charge in [-0.15, -0.1) is 0 Å². The van der Waals surface area contributed by atoms with Gasteiger partial charge in [0.25, 0.3) is 5.91 Å². The van der Waals surface area contributed by atoms with E-state index in [9.17, 15) is 14.3 Å². The third-order valence-electron chi connectivity index (χ3n) is 4.29. The molecule has 0 unspecified atom stereocenters. The average Bonchev–Trinajstić information content (AvgIpc) is 2.66. The number of amides is 1. The predicted octanol–water partition coefficient (Wildman–Crippen LogP) is 3.03. The molecule has 3 rings (SSSR count). The second kappa shape index (κ2) is 7.53. The molecule has 1 aliphatic rings. The molecule has 0 atom stereocenters. The third kappa shape index (κ3) is 3.74. The first-order valence-electron chi connectivity index (χ1n) is 8.33. The molecule has 1 aliphatic heterocycles. The van der Waals surface area contributed by atoms with E-state index in [1.54, 1.807) is 4.90 Å². The van der Waals surface area contributed by atoms with E-state index in [-0.39, 0.29) is 11.5 Å². The molecule has 0 saturated carbocycles. The van der Waals surface area contributed by atoms with Crippen molar-refractivity contribution in [1.82, 2.24) is 0 Å². The summed E-state index contributed by atoms with van der Waals surface area (Å²) in [5.41, 5.74) is 2.04. The first-order valence-corrected chi connectivity index (χ1v) is 8.33. The van der Waals surface area contributed by atoms with Crippen LogP contribution < -0.4 is 9.80 Å². The lowest BCUT2D eigenvalue weighted by Crippen LogP contribution is -2.36. The molecule has 1 amide bonds. The lowest BCUT2D eigenvalue weighted by Gasteiger charge is -2.29. The molecule has 0 aliphatic carbocycles. The number of hydrogen-bond donors (Lipinski definition) is 1. The summed E-state index contributed by atoms with van der Waals surface area (Å²) in [4.78, 5) is 16.5. The van der Waals surface area contributed by atoms with Gasteiger partial charge in [0.15, 0.2) is 11.6 Å². The number of rotatable bonds is 4. The van der Waals surface area contributed by atoms with E-state index in [1.165, 1.54) is 12.1 Å². The van der Waals surface area contributed by atoms with Gasteiger partial charge in [-0.2, -0.15) is 0 Å². The molecule has 0 aromatic heterocycles. The Morgan fingerprint density at radius 2 is 1.88 bits per heavy atom. The number of ether oxygens (including phenoxy) is 1. The Hall–Kier alpha value is -2.60. The number of benzene rings is 2. The predicted molar refractivity (Wildman–Crippen MR) is 94.9 cm³/mol.